The van der Waals surface area contributed by atoms with Crippen molar-refractivity contribution < 1.29 is 24.5 Å². The van der Waals surface area contributed by atoms with E-state index < -0.39 is 12.1 Å². The van der Waals surface area contributed by atoms with Crippen molar-refractivity contribution in [3.8, 4) is 0 Å². The number of allylic oxidation sites excluding steroid dienone is 5. The highest BCUT2D eigenvalue weighted by Crippen LogP contribution is 2.17. The molecular weight excluding hydrogens is 887 g/mol. The normalized spacial score (nSPS) is 12.8. The zero-order valence-corrected chi connectivity index (χ0v) is 48.4. The first-order chi connectivity index (χ1) is 35.5. The summed E-state index contributed by atoms with van der Waals surface area (Å²) in [5, 5.41) is 23.1. The van der Waals surface area contributed by atoms with Gasteiger partial charge in [-0.05, 0) is 83.5 Å². The molecule has 424 valence electrons. The number of aliphatic hydroxyl groups excluding tert-OH is 2. The van der Waals surface area contributed by atoms with E-state index in [-0.39, 0.29) is 18.5 Å². The molecule has 0 aliphatic heterocycles. The van der Waals surface area contributed by atoms with E-state index in [1.54, 1.807) is 6.08 Å². The molecule has 6 nitrogen and oxygen atoms in total. The van der Waals surface area contributed by atoms with E-state index >= 15 is 0 Å². The molecule has 0 radical (unpaired) electrons. The van der Waals surface area contributed by atoms with Crippen LogP contribution in [0.25, 0.3) is 0 Å². The zero-order chi connectivity index (χ0) is 52.2. The van der Waals surface area contributed by atoms with E-state index in [1.807, 2.05) is 6.08 Å². The van der Waals surface area contributed by atoms with Crippen molar-refractivity contribution in [3.05, 3.63) is 36.5 Å². The van der Waals surface area contributed by atoms with Gasteiger partial charge in [0.15, 0.2) is 0 Å². The zero-order valence-electron chi connectivity index (χ0n) is 48.4. The van der Waals surface area contributed by atoms with Crippen LogP contribution in [-0.4, -0.2) is 47.4 Å². The summed E-state index contributed by atoms with van der Waals surface area (Å²) < 4.78 is 5.48. The van der Waals surface area contributed by atoms with Crippen LogP contribution < -0.4 is 5.32 Å². The molecule has 0 bridgehead atoms. The third-order valence-electron chi connectivity index (χ3n) is 14.9. The first-order valence-corrected chi connectivity index (χ1v) is 32.3. The number of nitrogens with one attached hydrogen (secondary N) is 1. The summed E-state index contributed by atoms with van der Waals surface area (Å²) in [6.45, 7) is 4.91. The lowest BCUT2D eigenvalue weighted by Gasteiger charge is -2.20. The van der Waals surface area contributed by atoms with Crippen LogP contribution in [-0.2, 0) is 14.3 Å². The highest BCUT2D eigenvalue weighted by atomic mass is 16.5. The number of aliphatic hydroxyl groups is 2. The molecule has 0 aromatic heterocycles. The lowest BCUT2D eigenvalue weighted by molar-refractivity contribution is -0.143. The fourth-order valence-corrected chi connectivity index (χ4v) is 9.92. The van der Waals surface area contributed by atoms with Gasteiger partial charge >= 0.3 is 5.97 Å². The Bertz CT molecular complexity index is 1170. The summed E-state index contributed by atoms with van der Waals surface area (Å²) in [5.74, 6) is -0.0646. The second-order valence-electron chi connectivity index (χ2n) is 22.1. The van der Waals surface area contributed by atoms with Gasteiger partial charge < -0.3 is 20.3 Å². The second-order valence-corrected chi connectivity index (χ2v) is 22.1. The Balaban J connectivity index is 3.41. The van der Waals surface area contributed by atoms with Crippen LogP contribution in [0.1, 0.15) is 348 Å². The van der Waals surface area contributed by atoms with E-state index in [0.29, 0.717) is 19.4 Å². The van der Waals surface area contributed by atoms with Crippen molar-refractivity contribution in [1.29, 1.82) is 0 Å². The maximum atomic E-state index is 12.5. The van der Waals surface area contributed by atoms with E-state index in [2.05, 4.69) is 43.5 Å². The number of ether oxygens (including phenoxy) is 1. The van der Waals surface area contributed by atoms with Crippen molar-refractivity contribution in [2.24, 2.45) is 0 Å². The molecule has 3 N–H and O–H groups in total. The topological polar surface area (TPSA) is 95.9 Å². The number of carbonyl (C=O) groups excluding carboxylic acids is 2. The predicted octanol–water partition coefficient (Wildman–Crippen LogP) is 20.4. The minimum Gasteiger partial charge on any atom is -0.466 e. The predicted molar refractivity (Wildman–Crippen MR) is 315 cm³/mol. The summed E-state index contributed by atoms with van der Waals surface area (Å²) in [6.07, 6.45) is 77.6. The highest BCUT2D eigenvalue weighted by molar-refractivity contribution is 5.76. The maximum Gasteiger partial charge on any atom is 0.305 e. The fraction of sp³-hybridized carbons (Fsp3) is 0.879. The Morgan fingerprint density at radius 2 is 0.653 bits per heavy atom. The molecule has 0 spiro atoms. The monoisotopic (exact) mass is 1010 g/mol. The van der Waals surface area contributed by atoms with Crippen LogP contribution in [0.3, 0.4) is 0 Å². The summed E-state index contributed by atoms with van der Waals surface area (Å²) in [5.41, 5.74) is 0. The summed E-state index contributed by atoms with van der Waals surface area (Å²) in [6, 6.07) is -0.630. The Kier molecular flexibility index (Phi) is 60.0. The lowest BCUT2D eigenvalue weighted by atomic mass is 10.0. The number of hydrogen-bond acceptors (Lipinski definition) is 5. The van der Waals surface area contributed by atoms with Crippen molar-refractivity contribution in [3.63, 3.8) is 0 Å². The van der Waals surface area contributed by atoms with E-state index in [0.717, 1.165) is 44.9 Å². The fourth-order valence-electron chi connectivity index (χ4n) is 9.92. The van der Waals surface area contributed by atoms with Crippen LogP contribution in [0.2, 0.25) is 0 Å². The largest absolute Gasteiger partial charge is 0.466 e. The molecule has 0 aromatic carbocycles. The van der Waals surface area contributed by atoms with E-state index in [1.165, 1.54) is 276 Å². The molecule has 0 saturated heterocycles. The second kappa shape index (κ2) is 61.6. The molecule has 72 heavy (non-hydrogen) atoms. The third kappa shape index (κ3) is 57.4. The molecule has 6 heteroatoms. The molecule has 1 amide bonds. The van der Waals surface area contributed by atoms with Crippen LogP contribution in [0.5, 0.6) is 0 Å². The van der Waals surface area contributed by atoms with E-state index in [4.69, 9.17) is 4.74 Å². The molecule has 0 aliphatic rings. The number of carbonyl (C=O) groups is 2. The quantitative estimate of drug-likeness (QED) is 0.0320. The van der Waals surface area contributed by atoms with Crippen molar-refractivity contribution in [2.75, 3.05) is 13.2 Å². The van der Waals surface area contributed by atoms with Crippen molar-refractivity contribution in [1.82, 2.24) is 5.32 Å². The number of rotatable bonds is 60. The molecular formula is C66H125NO5. The van der Waals surface area contributed by atoms with Crippen LogP contribution in [0, 0.1) is 0 Å². The first-order valence-electron chi connectivity index (χ1n) is 32.3. The van der Waals surface area contributed by atoms with Crippen molar-refractivity contribution >= 4 is 11.9 Å². The Morgan fingerprint density at radius 3 is 0.986 bits per heavy atom. The summed E-state index contributed by atoms with van der Waals surface area (Å²) in [4.78, 5) is 24.5. The van der Waals surface area contributed by atoms with Crippen LogP contribution >= 0.6 is 0 Å². The summed E-state index contributed by atoms with van der Waals surface area (Å²) in [7, 11) is 0. The van der Waals surface area contributed by atoms with Crippen molar-refractivity contribution in [2.45, 2.75) is 360 Å². The smallest absolute Gasteiger partial charge is 0.305 e. The van der Waals surface area contributed by atoms with Gasteiger partial charge in [-0.1, -0.05) is 288 Å². The number of amides is 1. The Morgan fingerprint density at radius 1 is 0.375 bits per heavy atom. The minimum atomic E-state index is -0.846. The molecule has 2 atom stereocenters. The Hall–Kier alpha value is -1.92. The molecule has 0 aromatic rings. The Labute approximate surface area is 449 Å². The number of hydrogen-bond donors (Lipinski definition) is 3. The van der Waals surface area contributed by atoms with Gasteiger partial charge in [0.05, 0.1) is 25.4 Å². The van der Waals surface area contributed by atoms with Gasteiger partial charge in [-0.2, -0.15) is 0 Å². The molecule has 0 saturated carbocycles. The average Bonchev–Trinajstić information content (AvgIpc) is 3.38. The SMILES string of the molecule is CCCCCCCC/C=C\CCCCCCCC(=O)OCCCCCCCCCCCCCC/C=C\CCCCCCCCCCCC(=O)NC(CO)C(O)/C=C/CCCCCCCCCCCCCCC. The third-order valence-corrected chi connectivity index (χ3v) is 14.9. The minimum absolute atomic E-state index is 0.00517. The van der Waals surface area contributed by atoms with Gasteiger partial charge in [-0.3, -0.25) is 9.59 Å². The first kappa shape index (κ1) is 70.1. The molecule has 2 unspecified atom stereocenters. The van der Waals surface area contributed by atoms with E-state index in [9.17, 15) is 19.8 Å². The number of esters is 1. The van der Waals surface area contributed by atoms with Gasteiger partial charge in [0.2, 0.25) is 5.91 Å². The maximum absolute atomic E-state index is 12.5. The average molecular weight is 1010 g/mol. The number of unbranched alkanes of at least 4 members (excludes halogenated alkanes) is 45. The molecule has 0 fully saturated rings. The van der Waals surface area contributed by atoms with Gasteiger partial charge in [-0.25, -0.2) is 0 Å². The lowest BCUT2D eigenvalue weighted by Crippen LogP contribution is -2.45. The standard InChI is InChI=1S/C66H125NO5/c1-3-5-7-9-11-13-15-17-30-34-38-42-46-50-54-58-64(69)63(62-68)67-65(70)59-55-51-47-43-39-35-32-28-26-24-22-20-19-21-23-25-27-29-33-37-41-45-49-53-57-61-72-66(71)60-56-52-48-44-40-36-31-18-16-14-12-10-8-6-4-2/h18,20,22,31,54,58,63-64,68-69H,3-17,19,21,23-30,32-53,55-57,59-62H2,1-2H3,(H,67,70)/b22-20-,31-18-,58-54+. The highest BCUT2D eigenvalue weighted by Gasteiger charge is 2.18. The van der Waals surface area contributed by atoms with Gasteiger partial charge in [0, 0.05) is 12.8 Å². The molecule has 0 heterocycles. The summed E-state index contributed by atoms with van der Waals surface area (Å²) >= 11 is 0. The molecule has 0 rings (SSSR count). The van der Waals surface area contributed by atoms with Crippen LogP contribution in [0.4, 0.5) is 0 Å². The molecule has 0 aliphatic carbocycles. The van der Waals surface area contributed by atoms with Gasteiger partial charge in [-0.15, -0.1) is 0 Å². The van der Waals surface area contributed by atoms with Gasteiger partial charge in [0.1, 0.15) is 0 Å². The van der Waals surface area contributed by atoms with Gasteiger partial charge in [0.25, 0.3) is 0 Å². The van der Waals surface area contributed by atoms with Crippen LogP contribution in [0.15, 0.2) is 36.5 Å².